The van der Waals surface area contributed by atoms with Crippen molar-refractivity contribution < 1.29 is 89.4 Å². The summed E-state index contributed by atoms with van der Waals surface area (Å²) in [6.07, 6.45) is 15.2. The molecule has 0 aliphatic carbocycles. The summed E-state index contributed by atoms with van der Waals surface area (Å²) < 4.78 is 33.9. The second kappa shape index (κ2) is 41.7. The molecule has 19 nitrogen and oxygen atoms in total. The SMILES string of the molecule is CCCCCCCCCCCCCCCCCCCCCCCCCCCCCCCCCC(O)C(COC1OC(CO)C(OC2OC(CO)C(OC3OC(CO)C(O)C(O)C3O)C(O)C2O)C(O)C1O)NC(=O)CC. The molecule has 3 rings (SSSR count). The van der Waals surface area contributed by atoms with Crippen LogP contribution in [0.25, 0.3) is 0 Å². The van der Waals surface area contributed by atoms with Crippen LogP contribution in [0, 0.1) is 0 Å². The van der Waals surface area contributed by atoms with Crippen LogP contribution < -0.4 is 5.32 Å². The average molecular weight is 1100 g/mol. The zero-order valence-electron chi connectivity index (χ0n) is 46.8. The molecule has 3 saturated heterocycles. The molecule has 0 aromatic heterocycles. The second-order valence-electron chi connectivity index (χ2n) is 22.1. The van der Waals surface area contributed by atoms with Crippen molar-refractivity contribution in [1.29, 1.82) is 0 Å². The van der Waals surface area contributed by atoms with E-state index >= 15 is 0 Å². The van der Waals surface area contributed by atoms with Crippen molar-refractivity contribution in [2.24, 2.45) is 0 Å². The second-order valence-corrected chi connectivity index (χ2v) is 22.1. The number of carbonyl (C=O) groups excluding carboxylic acids is 1. The van der Waals surface area contributed by atoms with Gasteiger partial charge in [-0.05, 0) is 6.42 Å². The minimum absolute atomic E-state index is 0.150. The Kier molecular flexibility index (Phi) is 37.9. The fraction of sp³-hybridized carbons (Fsp3) is 0.982. The van der Waals surface area contributed by atoms with Crippen LogP contribution in [0.1, 0.15) is 226 Å². The van der Waals surface area contributed by atoms with Crippen LogP contribution >= 0.6 is 0 Å². The number of rotatable bonds is 45. The van der Waals surface area contributed by atoms with E-state index in [-0.39, 0.29) is 18.9 Å². The van der Waals surface area contributed by atoms with E-state index in [1.807, 2.05) is 0 Å². The fourth-order valence-corrected chi connectivity index (χ4v) is 10.7. The Morgan fingerprint density at radius 1 is 0.421 bits per heavy atom. The molecule has 3 heterocycles. The van der Waals surface area contributed by atoms with Gasteiger partial charge in [-0.1, -0.05) is 213 Å². The minimum atomic E-state index is -1.97. The average Bonchev–Trinajstić information content (AvgIpc) is 3.42. The van der Waals surface area contributed by atoms with E-state index < -0.39 is 124 Å². The van der Waals surface area contributed by atoms with Gasteiger partial charge in [0, 0.05) is 6.42 Å². The lowest BCUT2D eigenvalue weighted by Crippen LogP contribution is -2.66. The lowest BCUT2D eigenvalue weighted by molar-refractivity contribution is -0.379. The smallest absolute Gasteiger partial charge is 0.220 e. The summed E-state index contributed by atoms with van der Waals surface area (Å²) in [6, 6.07) is -0.878. The van der Waals surface area contributed by atoms with Gasteiger partial charge < -0.3 is 89.9 Å². The van der Waals surface area contributed by atoms with Crippen molar-refractivity contribution in [3.05, 3.63) is 0 Å². The Bertz CT molecular complexity index is 1400. The van der Waals surface area contributed by atoms with Gasteiger partial charge in [-0.25, -0.2) is 0 Å². The summed E-state index contributed by atoms with van der Waals surface area (Å²) in [5.41, 5.74) is 0. The highest BCUT2D eigenvalue weighted by Gasteiger charge is 2.53. The minimum Gasteiger partial charge on any atom is -0.394 e. The fourth-order valence-electron chi connectivity index (χ4n) is 10.7. The summed E-state index contributed by atoms with van der Waals surface area (Å²) in [7, 11) is 0. The Hall–Kier alpha value is -1.21. The number of hydrogen-bond donors (Lipinski definition) is 12. The summed E-state index contributed by atoms with van der Waals surface area (Å²) in [5.74, 6) is -0.328. The Labute approximate surface area is 455 Å². The molecule has 0 bridgehead atoms. The molecule has 0 spiro atoms. The molecule has 3 aliphatic rings. The van der Waals surface area contributed by atoms with Crippen molar-refractivity contribution >= 4 is 5.91 Å². The maximum atomic E-state index is 12.5. The van der Waals surface area contributed by atoms with Gasteiger partial charge in [-0.15, -0.1) is 0 Å². The molecular weight excluding hydrogens is 987 g/mol. The molecule has 19 heteroatoms. The zero-order chi connectivity index (χ0) is 55.5. The Balaban J connectivity index is 1.23. The van der Waals surface area contributed by atoms with Crippen LogP contribution in [-0.4, -0.2) is 193 Å². The van der Waals surface area contributed by atoms with E-state index in [1.165, 1.54) is 173 Å². The number of ether oxygens (including phenoxy) is 6. The number of unbranched alkanes of at least 4 members (excludes halogenated alkanes) is 30. The molecule has 3 fully saturated rings. The maximum absolute atomic E-state index is 12.5. The number of aliphatic hydroxyl groups excluding tert-OH is 11. The summed E-state index contributed by atoms with van der Waals surface area (Å²) in [6.45, 7) is 1.25. The molecule has 17 unspecified atom stereocenters. The highest BCUT2D eigenvalue weighted by molar-refractivity contribution is 5.75. The van der Waals surface area contributed by atoms with E-state index in [4.69, 9.17) is 28.4 Å². The van der Waals surface area contributed by atoms with Gasteiger partial charge in [0.25, 0.3) is 0 Å². The standard InChI is InChI=1S/C57H109NO18/c1-3-5-6-7-8-9-10-11-12-13-14-15-16-17-18-19-20-21-22-23-24-25-26-27-28-29-30-31-32-33-34-35-41(62)40(58-45(63)4-2)39-71-55-51(69)48(66)53(43(37-60)73-55)76-57-52(70)49(67)54(44(38-61)74-57)75-56-50(68)47(65)46(64)42(36-59)72-56/h40-44,46-57,59-62,64-70H,3-39H2,1-2H3,(H,58,63). The van der Waals surface area contributed by atoms with E-state index in [0.29, 0.717) is 6.42 Å². The quantitative estimate of drug-likeness (QED) is 0.0348. The van der Waals surface area contributed by atoms with E-state index in [0.717, 1.165) is 25.7 Å². The first kappa shape index (κ1) is 69.1. The van der Waals surface area contributed by atoms with Gasteiger partial charge in [0.05, 0.1) is 38.6 Å². The normalized spacial score (nSPS) is 30.9. The van der Waals surface area contributed by atoms with Gasteiger partial charge in [-0.3, -0.25) is 4.79 Å². The molecule has 12 N–H and O–H groups in total. The summed E-state index contributed by atoms with van der Waals surface area (Å²) >= 11 is 0. The topological polar surface area (TPSA) is 307 Å². The van der Waals surface area contributed by atoms with Gasteiger partial charge in [0.15, 0.2) is 18.9 Å². The van der Waals surface area contributed by atoms with Crippen LogP contribution in [0.15, 0.2) is 0 Å². The van der Waals surface area contributed by atoms with E-state index in [9.17, 15) is 61.0 Å². The number of nitrogens with one attached hydrogen (secondary N) is 1. The number of hydrogen-bond acceptors (Lipinski definition) is 18. The first-order valence-electron chi connectivity index (χ1n) is 30.3. The highest BCUT2D eigenvalue weighted by Crippen LogP contribution is 2.33. The van der Waals surface area contributed by atoms with Crippen molar-refractivity contribution in [2.45, 2.75) is 330 Å². The Morgan fingerprint density at radius 3 is 1.09 bits per heavy atom. The maximum Gasteiger partial charge on any atom is 0.220 e. The molecule has 0 saturated carbocycles. The van der Waals surface area contributed by atoms with Crippen LogP contribution in [0.3, 0.4) is 0 Å². The van der Waals surface area contributed by atoms with Crippen LogP contribution in [0.4, 0.5) is 0 Å². The third kappa shape index (κ3) is 25.7. The zero-order valence-corrected chi connectivity index (χ0v) is 46.8. The third-order valence-corrected chi connectivity index (χ3v) is 15.7. The van der Waals surface area contributed by atoms with E-state index in [2.05, 4.69) is 12.2 Å². The molecular formula is C57H109NO18. The molecule has 450 valence electrons. The number of amides is 1. The largest absolute Gasteiger partial charge is 0.394 e. The number of carbonyl (C=O) groups is 1. The molecule has 17 atom stereocenters. The van der Waals surface area contributed by atoms with Crippen LogP contribution in [0.2, 0.25) is 0 Å². The molecule has 3 aliphatic heterocycles. The molecule has 76 heavy (non-hydrogen) atoms. The lowest BCUT2D eigenvalue weighted by Gasteiger charge is -2.48. The Morgan fingerprint density at radius 2 is 0.737 bits per heavy atom. The molecule has 0 radical (unpaired) electrons. The van der Waals surface area contributed by atoms with Crippen LogP contribution in [0.5, 0.6) is 0 Å². The molecule has 0 aromatic rings. The van der Waals surface area contributed by atoms with Gasteiger partial charge >= 0.3 is 0 Å². The van der Waals surface area contributed by atoms with Crippen molar-refractivity contribution in [2.75, 3.05) is 26.4 Å². The van der Waals surface area contributed by atoms with Gasteiger partial charge in [0.2, 0.25) is 5.91 Å². The highest BCUT2D eigenvalue weighted by atomic mass is 16.8. The molecule has 0 aromatic carbocycles. The first-order valence-corrected chi connectivity index (χ1v) is 30.3. The van der Waals surface area contributed by atoms with Crippen LogP contribution in [-0.2, 0) is 33.2 Å². The third-order valence-electron chi connectivity index (χ3n) is 15.7. The summed E-state index contributed by atoms with van der Waals surface area (Å²) in [5, 5.41) is 119. The summed E-state index contributed by atoms with van der Waals surface area (Å²) in [4.78, 5) is 12.5. The van der Waals surface area contributed by atoms with Crippen molar-refractivity contribution in [3.8, 4) is 0 Å². The molecule has 1 amide bonds. The lowest BCUT2D eigenvalue weighted by atomic mass is 9.96. The van der Waals surface area contributed by atoms with Gasteiger partial charge in [-0.2, -0.15) is 0 Å². The van der Waals surface area contributed by atoms with Gasteiger partial charge in [0.1, 0.15) is 73.2 Å². The first-order chi connectivity index (χ1) is 36.8. The van der Waals surface area contributed by atoms with Crippen molar-refractivity contribution in [3.63, 3.8) is 0 Å². The van der Waals surface area contributed by atoms with E-state index in [1.54, 1.807) is 6.92 Å². The monoisotopic (exact) mass is 1100 g/mol. The predicted octanol–water partition coefficient (Wildman–Crippen LogP) is 5.21. The predicted molar refractivity (Wildman–Crippen MR) is 287 cm³/mol. The van der Waals surface area contributed by atoms with Crippen molar-refractivity contribution in [1.82, 2.24) is 5.32 Å². The number of aliphatic hydroxyl groups is 11.